The average Bonchev–Trinajstić information content (AvgIpc) is 2.41. The number of nitrogens with zero attached hydrogens (tertiary/aromatic N) is 1. The molecule has 1 aromatic carbocycles. The van der Waals surface area contributed by atoms with Crippen molar-refractivity contribution in [3.8, 4) is 0 Å². The molecule has 18 heavy (non-hydrogen) atoms. The summed E-state index contributed by atoms with van der Waals surface area (Å²) in [4.78, 5) is 3.93. The van der Waals surface area contributed by atoms with Crippen molar-refractivity contribution < 1.29 is 8.78 Å². The van der Waals surface area contributed by atoms with Crippen LogP contribution in [0.25, 0.3) is 0 Å². The number of halogens is 2. The summed E-state index contributed by atoms with van der Waals surface area (Å²) in [6, 6.07) is 8.03. The van der Waals surface area contributed by atoms with Gasteiger partial charge in [-0.1, -0.05) is 12.1 Å². The van der Waals surface area contributed by atoms with E-state index < -0.39 is 11.6 Å². The smallest absolute Gasteiger partial charge is 0.163 e. The molecule has 0 fully saturated rings. The summed E-state index contributed by atoms with van der Waals surface area (Å²) in [7, 11) is 0. The topological polar surface area (TPSA) is 24.9 Å². The summed E-state index contributed by atoms with van der Waals surface area (Å²) in [6.45, 7) is 2.25. The highest BCUT2D eigenvalue weighted by Crippen LogP contribution is 2.14. The lowest BCUT2D eigenvalue weighted by atomic mass is 10.1. The molecule has 0 aliphatic heterocycles. The lowest BCUT2D eigenvalue weighted by Gasteiger charge is -2.14. The Kier molecular flexibility index (Phi) is 3.99. The molecule has 0 radical (unpaired) electrons. The van der Waals surface area contributed by atoms with Crippen molar-refractivity contribution in [3.63, 3.8) is 0 Å². The third kappa shape index (κ3) is 2.90. The van der Waals surface area contributed by atoms with Gasteiger partial charge in [0.05, 0.1) is 0 Å². The fourth-order valence-electron chi connectivity index (χ4n) is 1.72. The number of rotatable bonds is 4. The molecular weight excluding hydrogens is 234 g/mol. The third-order valence-corrected chi connectivity index (χ3v) is 2.84. The molecule has 0 saturated carbocycles. The fourth-order valence-corrected chi connectivity index (χ4v) is 1.72. The van der Waals surface area contributed by atoms with Crippen LogP contribution in [-0.4, -0.2) is 4.98 Å². The Morgan fingerprint density at radius 2 is 1.89 bits per heavy atom. The first kappa shape index (κ1) is 12.6. The first-order chi connectivity index (χ1) is 8.68. The SMILES string of the molecule is C[C@@H](NCc1cccc(F)c1F)c1ccncc1. The highest BCUT2D eigenvalue weighted by molar-refractivity contribution is 5.20. The Balaban J connectivity index is 2.02. The molecule has 2 aromatic rings. The highest BCUT2D eigenvalue weighted by atomic mass is 19.2. The van der Waals surface area contributed by atoms with Crippen molar-refractivity contribution in [2.45, 2.75) is 19.5 Å². The molecule has 1 aromatic heterocycles. The predicted octanol–water partition coefficient (Wildman–Crippen LogP) is 3.21. The second kappa shape index (κ2) is 5.69. The molecule has 1 atom stereocenters. The fraction of sp³-hybridized carbons (Fsp3) is 0.214. The second-order valence-corrected chi connectivity index (χ2v) is 4.10. The molecule has 2 rings (SSSR count). The van der Waals surface area contributed by atoms with Crippen LogP contribution in [0.2, 0.25) is 0 Å². The maximum Gasteiger partial charge on any atom is 0.163 e. The number of aromatic nitrogens is 1. The highest BCUT2D eigenvalue weighted by Gasteiger charge is 2.09. The van der Waals surface area contributed by atoms with E-state index in [0.29, 0.717) is 5.56 Å². The van der Waals surface area contributed by atoms with Gasteiger partial charge in [-0.25, -0.2) is 8.78 Å². The summed E-state index contributed by atoms with van der Waals surface area (Å²) < 4.78 is 26.4. The normalized spacial score (nSPS) is 12.4. The van der Waals surface area contributed by atoms with E-state index in [4.69, 9.17) is 0 Å². The zero-order chi connectivity index (χ0) is 13.0. The molecular formula is C14H14F2N2. The third-order valence-electron chi connectivity index (χ3n) is 2.84. The minimum absolute atomic E-state index is 0.0515. The van der Waals surface area contributed by atoms with Gasteiger partial charge in [0.2, 0.25) is 0 Å². The maximum atomic E-state index is 13.4. The summed E-state index contributed by atoms with van der Waals surface area (Å²) in [6.07, 6.45) is 3.41. The van der Waals surface area contributed by atoms with Crippen molar-refractivity contribution in [2.24, 2.45) is 0 Å². The number of nitrogens with one attached hydrogen (secondary N) is 1. The van der Waals surface area contributed by atoms with Crippen LogP contribution in [0.3, 0.4) is 0 Å². The van der Waals surface area contributed by atoms with Gasteiger partial charge in [0, 0.05) is 30.5 Å². The van der Waals surface area contributed by atoms with Crippen LogP contribution in [0.15, 0.2) is 42.7 Å². The van der Waals surface area contributed by atoms with Gasteiger partial charge in [-0.05, 0) is 30.7 Å². The molecule has 4 heteroatoms. The molecule has 0 aliphatic rings. The lowest BCUT2D eigenvalue weighted by Crippen LogP contribution is -2.19. The van der Waals surface area contributed by atoms with Gasteiger partial charge < -0.3 is 5.32 Å². The van der Waals surface area contributed by atoms with Crippen LogP contribution in [0.1, 0.15) is 24.1 Å². The minimum Gasteiger partial charge on any atom is -0.306 e. The van der Waals surface area contributed by atoms with E-state index in [-0.39, 0.29) is 12.6 Å². The van der Waals surface area contributed by atoms with Crippen LogP contribution in [0, 0.1) is 11.6 Å². The van der Waals surface area contributed by atoms with Gasteiger partial charge in [-0.3, -0.25) is 4.98 Å². The molecule has 0 spiro atoms. The first-order valence-corrected chi connectivity index (χ1v) is 5.74. The van der Waals surface area contributed by atoms with Crippen molar-refractivity contribution in [1.29, 1.82) is 0 Å². The lowest BCUT2D eigenvalue weighted by molar-refractivity contribution is 0.484. The van der Waals surface area contributed by atoms with E-state index in [1.165, 1.54) is 6.07 Å². The largest absolute Gasteiger partial charge is 0.306 e. The van der Waals surface area contributed by atoms with Crippen molar-refractivity contribution in [3.05, 3.63) is 65.5 Å². The van der Waals surface area contributed by atoms with Crippen LogP contribution < -0.4 is 5.32 Å². The number of pyridine rings is 1. The van der Waals surface area contributed by atoms with E-state index >= 15 is 0 Å². The Bertz CT molecular complexity index is 514. The molecule has 0 bridgehead atoms. The minimum atomic E-state index is -0.814. The second-order valence-electron chi connectivity index (χ2n) is 4.10. The molecule has 0 aliphatic carbocycles. The first-order valence-electron chi connectivity index (χ1n) is 5.74. The maximum absolute atomic E-state index is 13.4. The quantitative estimate of drug-likeness (QED) is 0.898. The standard InChI is InChI=1S/C14H14F2N2/c1-10(11-5-7-17-8-6-11)18-9-12-3-2-4-13(15)14(12)16/h2-8,10,18H,9H2,1H3/t10-/m1/s1. The molecule has 2 nitrogen and oxygen atoms in total. The zero-order valence-corrected chi connectivity index (χ0v) is 10.0. The van der Waals surface area contributed by atoms with Crippen molar-refractivity contribution in [2.75, 3.05) is 0 Å². The van der Waals surface area contributed by atoms with Gasteiger partial charge in [0.15, 0.2) is 11.6 Å². The van der Waals surface area contributed by atoms with E-state index in [1.807, 2.05) is 19.1 Å². The molecule has 94 valence electrons. The predicted molar refractivity (Wildman–Crippen MR) is 65.8 cm³/mol. The number of hydrogen-bond donors (Lipinski definition) is 1. The van der Waals surface area contributed by atoms with E-state index in [0.717, 1.165) is 11.6 Å². The molecule has 0 amide bonds. The van der Waals surface area contributed by atoms with Gasteiger partial charge >= 0.3 is 0 Å². The summed E-state index contributed by atoms with van der Waals surface area (Å²) in [5, 5.41) is 3.15. The Labute approximate surface area is 105 Å². The van der Waals surface area contributed by atoms with Crippen LogP contribution in [-0.2, 0) is 6.54 Å². The molecule has 0 saturated heterocycles. The van der Waals surface area contributed by atoms with E-state index in [1.54, 1.807) is 18.5 Å². The van der Waals surface area contributed by atoms with Crippen LogP contribution >= 0.6 is 0 Å². The monoisotopic (exact) mass is 248 g/mol. The van der Waals surface area contributed by atoms with Gasteiger partial charge in [0.25, 0.3) is 0 Å². The average molecular weight is 248 g/mol. The zero-order valence-electron chi connectivity index (χ0n) is 10.0. The number of benzene rings is 1. The Morgan fingerprint density at radius 3 is 2.61 bits per heavy atom. The Hall–Kier alpha value is -1.81. The van der Waals surface area contributed by atoms with Gasteiger partial charge in [-0.2, -0.15) is 0 Å². The van der Waals surface area contributed by atoms with Crippen LogP contribution in [0.5, 0.6) is 0 Å². The molecule has 1 N–H and O–H groups in total. The van der Waals surface area contributed by atoms with Crippen LogP contribution in [0.4, 0.5) is 8.78 Å². The Morgan fingerprint density at radius 1 is 1.17 bits per heavy atom. The van der Waals surface area contributed by atoms with E-state index in [9.17, 15) is 8.78 Å². The summed E-state index contributed by atoms with van der Waals surface area (Å²) in [5.74, 6) is -1.60. The van der Waals surface area contributed by atoms with Gasteiger partial charge in [-0.15, -0.1) is 0 Å². The summed E-state index contributed by atoms with van der Waals surface area (Å²) >= 11 is 0. The van der Waals surface area contributed by atoms with Crippen molar-refractivity contribution >= 4 is 0 Å². The van der Waals surface area contributed by atoms with Crippen molar-refractivity contribution in [1.82, 2.24) is 10.3 Å². The summed E-state index contributed by atoms with van der Waals surface area (Å²) in [5.41, 5.74) is 1.39. The molecule has 1 heterocycles. The van der Waals surface area contributed by atoms with E-state index in [2.05, 4.69) is 10.3 Å². The number of hydrogen-bond acceptors (Lipinski definition) is 2. The molecule has 0 unspecified atom stereocenters. The van der Waals surface area contributed by atoms with Gasteiger partial charge in [0.1, 0.15) is 0 Å².